The summed E-state index contributed by atoms with van der Waals surface area (Å²) in [5.41, 5.74) is -0.646. The number of carbonyl (C=O) groups is 1. The Morgan fingerprint density at radius 1 is 1.67 bits per heavy atom. The lowest BCUT2D eigenvalue weighted by molar-refractivity contribution is -0.141. The molecule has 0 saturated heterocycles. The zero-order chi connectivity index (χ0) is 9.03. The van der Waals surface area contributed by atoms with Gasteiger partial charge < -0.3 is 4.74 Å². The Hall–Kier alpha value is -0.630. The molecule has 0 heterocycles. The molecule has 1 aliphatic rings. The third-order valence-corrected chi connectivity index (χ3v) is 2.41. The zero-order valence-corrected chi connectivity index (χ0v) is 7.64. The molecule has 1 unspecified atom stereocenters. The summed E-state index contributed by atoms with van der Waals surface area (Å²) in [6.07, 6.45) is 5.19. The summed E-state index contributed by atoms with van der Waals surface area (Å²) in [5, 5.41) is 0. The number of hydrogen-bond donors (Lipinski definition) is 0. The van der Waals surface area contributed by atoms with E-state index in [0.717, 1.165) is 19.3 Å². The molecule has 0 bridgehead atoms. The van der Waals surface area contributed by atoms with Gasteiger partial charge in [0.15, 0.2) is 5.78 Å². The van der Waals surface area contributed by atoms with Crippen LogP contribution in [0.3, 0.4) is 0 Å². The van der Waals surface area contributed by atoms with Gasteiger partial charge in [-0.25, -0.2) is 0 Å². The molecular weight excluding hydrogens is 152 g/mol. The molecule has 0 spiro atoms. The summed E-state index contributed by atoms with van der Waals surface area (Å²) in [6.45, 7) is 6.17. The van der Waals surface area contributed by atoms with Crippen LogP contribution >= 0.6 is 0 Å². The van der Waals surface area contributed by atoms with Gasteiger partial charge in [0.2, 0.25) is 0 Å². The predicted molar refractivity (Wildman–Crippen MR) is 48.0 cm³/mol. The molecule has 68 valence electrons. The van der Waals surface area contributed by atoms with Crippen LogP contribution in [0.15, 0.2) is 12.7 Å². The van der Waals surface area contributed by atoms with Crippen molar-refractivity contribution in [3.8, 4) is 0 Å². The van der Waals surface area contributed by atoms with Crippen molar-refractivity contribution in [2.45, 2.75) is 38.2 Å². The van der Waals surface area contributed by atoms with Crippen molar-refractivity contribution in [1.82, 2.24) is 0 Å². The highest BCUT2D eigenvalue weighted by Gasteiger charge is 2.37. The van der Waals surface area contributed by atoms with E-state index in [1.807, 2.05) is 6.92 Å². The van der Waals surface area contributed by atoms with E-state index < -0.39 is 5.60 Å². The highest BCUT2D eigenvalue weighted by Crippen LogP contribution is 2.29. The van der Waals surface area contributed by atoms with Gasteiger partial charge in [-0.1, -0.05) is 12.7 Å². The van der Waals surface area contributed by atoms with Crippen LogP contribution in [0.5, 0.6) is 0 Å². The first-order valence-electron chi connectivity index (χ1n) is 4.56. The average Bonchev–Trinajstić information content (AvgIpc) is 2.10. The first kappa shape index (κ1) is 9.46. The van der Waals surface area contributed by atoms with Crippen LogP contribution < -0.4 is 0 Å². The Balaban J connectivity index is 2.73. The van der Waals surface area contributed by atoms with Crippen LogP contribution in [0.1, 0.15) is 32.6 Å². The highest BCUT2D eigenvalue weighted by molar-refractivity contribution is 5.90. The summed E-state index contributed by atoms with van der Waals surface area (Å²) < 4.78 is 5.46. The van der Waals surface area contributed by atoms with Crippen LogP contribution in [-0.4, -0.2) is 18.0 Å². The molecule has 0 radical (unpaired) electrons. The third kappa shape index (κ3) is 1.58. The average molecular weight is 168 g/mol. The molecule has 1 atom stereocenters. The molecule has 0 N–H and O–H groups in total. The molecule has 0 amide bonds. The quantitative estimate of drug-likeness (QED) is 0.603. The normalized spacial score (nSPS) is 30.2. The van der Waals surface area contributed by atoms with Gasteiger partial charge in [-0.15, -0.1) is 0 Å². The lowest BCUT2D eigenvalue weighted by Gasteiger charge is -2.32. The Kier molecular flexibility index (Phi) is 3.04. The predicted octanol–water partition coefficient (Wildman–Crippen LogP) is 2.09. The van der Waals surface area contributed by atoms with Gasteiger partial charge in [-0.3, -0.25) is 4.79 Å². The van der Waals surface area contributed by atoms with Crippen LogP contribution in [0.4, 0.5) is 0 Å². The van der Waals surface area contributed by atoms with Gasteiger partial charge in [0, 0.05) is 13.0 Å². The van der Waals surface area contributed by atoms with E-state index in [0.29, 0.717) is 13.0 Å². The van der Waals surface area contributed by atoms with E-state index in [9.17, 15) is 4.79 Å². The fourth-order valence-electron chi connectivity index (χ4n) is 1.71. The SMILES string of the molecule is C=CC1(OCC)CCCCC1=O. The van der Waals surface area contributed by atoms with Crippen LogP contribution in [-0.2, 0) is 9.53 Å². The monoisotopic (exact) mass is 168 g/mol. The Morgan fingerprint density at radius 3 is 2.92 bits per heavy atom. The maximum Gasteiger partial charge on any atom is 0.168 e. The van der Waals surface area contributed by atoms with Crippen molar-refractivity contribution in [3.63, 3.8) is 0 Å². The van der Waals surface area contributed by atoms with E-state index in [2.05, 4.69) is 6.58 Å². The summed E-state index contributed by atoms with van der Waals surface area (Å²) in [7, 11) is 0. The molecule has 1 saturated carbocycles. The summed E-state index contributed by atoms with van der Waals surface area (Å²) in [5.74, 6) is 0.200. The van der Waals surface area contributed by atoms with E-state index in [-0.39, 0.29) is 5.78 Å². The number of ether oxygens (including phenoxy) is 1. The van der Waals surface area contributed by atoms with Gasteiger partial charge in [0.1, 0.15) is 5.60 Å². The standard InChI is InChI=1S/C10H16O2/c1-3-10(12-4-2)8-6-5-7-9(10)11/h3H,1,4-8H2,2H3. The fourth-order valence-corrected chi connectivity index (χ4v) is 1.71. The molecule has 1 fully saturated rings. The minimum atomic E-state index is -0.646. The number of carbonyl (C=O) groups excluding carboxylic acids is 1. The smallest absolute Gasteiger partial charge is 0.168 e. The molecule has 0 aromatic heterocycles. The summed E-state index contributed by atoms with van der Waals surface area (Å²) >= 11 is 0. The Bertz CT molecular complexity index is 182. The number of ketones is 1. The van der Waals surface area contributed by atoms with Crippen molar-refractivity contribution < 1.29 is 9.53 Å². The second-order valence-corrected chi connectivity index (χ2v) is 3.16. The van der Waals surface area contributed by atoms with Crippen molar-refractivity contribution in [3.05, 3.63) is 12.7 Å². The van der Waals surface area contributed by atoms with E-state index in [4.69, 9.17) is 4.74 Å². The second kappa shape index (κ2) is 3.85. The van der Waals surface area contributed by atoms with Crippen molar-refractivity contribution in [1.29, 1.82) is 0 Å². The van der Waals surface area contributed by atoms with E-state index >= 15 is 0 Å². The van der Waals surface area contributed by atoms with Crippen LogP contribution in [0.2, 0.25) is 0 Å². The lowest BCUT2D eigenvalue weighted by Crippen LogP contribution is -2.41. The summed E-state index contributed by atoms with van der Waals surface area (Å²) in [6, 6.07) is 0. The Labute approximate surface area is 73.6 Å². The van der Waals surface area contributed by atoms with Crippen LogP contribution in [0, 0.1) is 0 Å². The fraction of sp³-hybridized carbons (Fsp3) is 0.700. The first-order chi connectivity index (χ1) is 5.75. The van der Waals surface area contributed by atoms with Gasteiger partial charge >= 0.3 is 0 Å². The molecular formula is C10H16O2. The van der Waals surface area contributed by atoms with Crippen molar-refractivity contribution in [2.75, 3.05) is 6.61 Å². The number of hydrogen-bond acceptors (Lipinski definition) is 2. The Morgan fingerprint density at radius 2 is 2.42 bits per heavy atom. The summed E-state index contributed by atoms with van der Waals surface area (Å²) in [4.78, 5) is 11.5. The highest BCUT2D eigenvalue weighted by atomic mass is 16.5. The second-order valence-electron chi connectivity index (χ2n) is 3.16. The zero-order valence-electron chi connectivity index (χ0n) is 7.64. The lowest BCUT2D eigenvalue weighted by atomic mass is 9.83. The van der Waals surface area contributed by atoms with Crippen LogP contribution in [0.25, 0.3) is 0 Å². The molecule has 12 heavy (non-hydrogen) atoms. The van der Waals surface area contributed by atoms with E-state index in [1.165, 1.54) is 0 Å². The number of rotatable bonds is 3. The maximum atomic E-state index is 11.5. The minimum Gasteiger partial charge on any atom is -0.363 e. The van der Waals surface area contributed by atoms with Gasteiger partial charge in [0.05, 0.1) is 0 Å². The first-order valence-corrected chi connectivity index (χ1v) is 4.56. The molecule has 2 heteroatoms. The minimum absolute atomic E-state index is 0.200. The van der Waals surface area contributed by atoms with Gasteiger partial charge in [-0.2, -0.15) is 0 Å². The largest absolute Gasteiger partial charge is 0.363 e. The van der Waals surface area contributed by atoms with Gasteiger partial charge in [0.25, 0.3) is 0 Å². The molecule has 1 aliphatic carbocycles. The molecule has 0 aromatic rings. The van der Waals surface area contributed by atoms with Crippen molar-refractivity contribution in [2.24, 2.45) is 0 Å². The molecule has 1 rings (SSSR count). The van der Waals surface area contributed by atoms with E-state index in [1.54, 1.807) is 6.08 Å². The molecule has 0 aliphatic heterocycles. The number of Topliss-reactive ketones (excluding diaryl/α,β-unsaturated/α-hetero) is 1. The third-order valence-electron chi connectivity index (χ3n) is 2.41. The van der Waals surface area contributed by atoms with Crippen molar-refractivity contribution >= 4 is 5.78 Å². The van der Waals surface area contributed by atoms with Gasteiger partial charge in [-0.05, 0) is 26.2 Å². The molecule has 0 aromatic carbocycles. The topological polar surface area (TPSA) is 26.3 Å². The maximum absolute atomic E-state index is 11.5. The molecule has 2 nitrogen and oxygen atoms in total.